The van der Waals surface area contributed by atoms with Crippen LogP contribution >= 0.6 is 11.3 Å². The van der Waals surface area contributed by atoms with Crippen molar-refractivity contribution in [1.29, 1.82) is 0 Å². The van der Waals surface area contributed by atoms with Crippen molar-refractivity contribution in [3.63, 3.8) is 0 Å². The third kappa shape index (κ3) is 3.41. The van der Waals surface area contributed by atoms with Gasteiger partial charge in [0.25, 0.3) is 0 Å². The molecule has 2 heterocycles. The molecule has 1 N–H and O–H groups in total. The highest BCUT2D eigenvalue weighted by molar-refractivity contribution is 7.18. The predicted molar refractivity (Wildman–Crippen MR) is 102 cm³/mol. The molecule has 0 spiro atoms. The second-order valence-corrected chi connectivity index (χ2v) is 6.66. The van der Waals surface area contributed by atoms with E-state index in [0.717, 1.165) is 31.7 Å². The number of benzene rings is 2. The van der Waals surface area contributed by atoms with Crippen LogP contribution in [-0.2, 0) is 11.3 Å². The fourth-order valence-corrected chi connectivity index (χ4v) is 3.55. The Labute approximate surface area is 148 Å². The van der Waals surface area contributed by atoms with E-state index in [1.807, 2.05) is 54.6 Å². The zero-order chi connectivity index (χ0) is 17.1. The predicted octanol–water partition coefficient (Wildman–Crippen LogP) is 4.17. The molecule has 0 atom stereocenters. The largest absolute Gasteiger partial charge is 0.346 e. The number of hydrogen-bond donors (Lipinski definition) is 1. The van der Waals surface area contributed by atoms with Crippen molar-refractivity contribution in [2.75, 3.05) is 0 Å². The zero-order valence-electron chi connectivity index (χ0n) is 13.3. The van der Waals surface area contributed by atoms with Gasteiger partial charge in [0.15, 0.2) is 0 Å². The highest BCUT2D eigenvalue weighted by atomic mass is 32.1. The van der Waals surface area contributed by atoms with E-state index in [1.54, 1.807) is 23.6 Å². The SMILES string of the molecule is O=C(/C=C/c1cccc2cccnc12)NCc1nc2ccccc2s1. The second-order valence-electron chi connectivity index (χ2n) is 5.55. The van der Waals surface area contributed by atoms with Crippen LogP contribution in [0.4, 0.5) is 0 Å². The number of carbonyl (C=O) groups is 1. The summed E-state index contributed by atoms with van der Waals surface area (Å²) in [5.74, 6) is -0.146. The Bertz CT molecular complexity index is 1050. The quantitative estimate of drug-likeness (QED) is 0.565. The van der Waals surface area contributed by atoms with Gasteiger partial charge in [0.05, 0.1) is 22.3 Å². The number of thiazole rings is 1. The van der Waals surface area contributed by atoms with Crippen LogP contribution in [0.25, 0.3) is 27.2 Å². The summed E-state index contributed by atoms with van der Waals surface area (Å²) in [6, 6.07) is 17.8. The maximum Gasteiger partial charge on any atom is 0.244 e. The third-order valence-corrected chi connectivity index (χ3v) is 4.87. The standard InChI is InChI=1S/C20H15N3OS/c24-18(22-13-19-23-16-8-1-2-9-17(16)25-19)11-10-15-6-3-5-14-7-4-12-21-20(14)15/h1-12H,13H2,(H,22,24)/b11-10+. The normalized spacial score (nSPS) is 11.4. The monoisotopic (exact) mass is 345 g/mol. The maximum absolute atomic E-state index is 12.1. The number of pyridine rings is 1. The molecule has 5 heteroatoms. The van der Waals surface area contributed by atoms with Crippen LogP contribution in [0.5, 0.6) is 0 Å². The van der Waals surface area contributed by atoms with Crippen molar-refractivity contribution in [2.45, 2.75) is 6.54 Å². The van der Waals surface area contributed by atoms with E-state index in [4.69, 9.17) is 0 Å². The van der Waals surface area contributed by atoms with E-state index in [1.165, 1.54) is 6.08 Å². The Balaban J connectivity index is 1.45. The number of hydrogen-bond acceptors (Lipinski definition) is 4. The van der Waals surface area contributed by atoms with E-state index in [9.17, 15) is 4.79 Å². The molecule has 0 radical (unpaired) electrons. The molecule has 122 valence electrons. The van der Waals surface area contributed by atoms with E-state index in [2.05, 4.69) is 15.3 Å². The van der Waals surface area contributed by atoms with Gasteiger partial charge in [0, 0.05) is 23.2 Å². The van der Waals surface area contributed by atoms with Gasteiger partial charge < -0.3 is 5.32 Å². The van der Waals surface area contributed by atoms with E-state index in [0.29, 0.717) is 6.54 Å². The molecule has 0 unspecified atom stereocenters. The Kier molecular flexibility index (Phi) is 4.23. The lowest BCUT2D eigenvalue weighted by atomic mass is 10.1. The number of nitrogens with zero attached hydrogens (tertiary/aromatic N) is 2. The van der Waals surface area contributed by atoms with Gasteiger partial charge in [-0.3, -0.25) is 9.78 Å². The van der Waals surface area contributed by atoms with Crippen LogP contribution in [0.1, 0.15) is 10.6 Å². The minimum absolute atomic E-state index is 0.146. The van der Waals surface area contributed by atoms with Gasteiger partial charge in [0.1, 0.15) is 5.01 Å². The Morgan fingerprint density at radius 2 is 1.96 bits per heavy atom. The van der Waals surface area contributed by atoms with Crippen LogP contribution < -0.4 is 5.32 Å². The van der Waals surface area contributed by atoms with Crippen LogP contribution in [0.3, 0.4) is 0 Å². The number of rotatable bonds is 4. The summed E-state index contributed by atoms with van der Waals surface area (Å²) in [7, 11) is 0. The maximum atomic E-state index is 12.1. The molecule has 4 rings (SSSR count). The first kappa shape index (κ1) is 15.5. The second kappa shape index (κ2) is 6.83. The molecule has 0 aliphatic rings. The van der Waals surface area contributed by atoms with E-state index < -0.39 is 0 Å². The fraction of sp³-hybridized carbons (Fsp3) is 0.0500. The van der Waals surface area contributed by atoms with Gasteiger partial charge in [-0.1, -0.05) is 36.4 Å². The highest BCUT2D eigenvalue weighted by Gasteiger charge is 2.04. The minimum atomic E-state index is -0.146. The summed E-state index contributed by atoms with van der Waals surface area (Å²) in [6.45, 7) is 0.427. The molecule has 1 amide bonds. The average Bonchev–Trinajstić information content (AvgIpc) is 3.07. The van der Waals surface area contributed by atoms with Crippen molar-refractivity contribution in [2.24, 2.45) is 0 Å². The van der Waals surface area contributed by atoms with Crippen molar-refractivity contribution in [3.8, 4) is 0 Å². The lowest BCUT2D eigenvalue weighted by Gasteiger charge is -2.01. The van der Waals surface area contributed by atoms with Crippen molar-refractivity contribution in [3.05, 3.63) is 77.4 Å². The molecule has 25 heavy (non-hydrogen) atoms. The van der Waals surface area contributed by atoms with E-state index >= 15 is 0 Å². The van der Waals surface area contributed by atoms with Crippen LogP contribution in [-0.4, -0.2) is 15.9 Å². The van der Waals surface area contributed by atoms with Gasteiger partial charge in [-0.25, -0.2) is 4.98 Å². The van der Waals surface area contributed by atoms with Gasteiger partial charge >= 0.3 is 0 Å². The topological polar surface area (TPSA) is 54.9 Å². The molecule has 0 saturated carbocycles. The number of aromatic nitrogens is 2. The molecule has 0 fully saturated rings. The van der Waals surface area contributed by atoms with Crippen LogP contribution in [0.2, 0.25) is 0 Å². The minimum Gasteiger partial charge on any atom is -0.346 e. The van der Waals surface area contributed by atoms with E-state index in [-0.39, 0.29) is 5.91 Å². The summed E-state index contributed by atoms with van der Waals surface area (Å²) >= 11 is 1.60. The molecule has 0 bridgehead atoms. The summed E-state index contributed by atoms with van der Waals surface area (Å²) in [5, 5.41) is 4.83. The van der Waals surface area contributed by atoms with Crippen LogP contribution in [0, 0.1) is 0 Å². The Morgan fingerprint density at radius 1 is 1.08 bits per heavy atom. The summed E-state index contributed by atoms with van der Waals surface area (Å²) in [6.07, 6.45) is 5.09. The molecular formula is C20H15N3OS. The van der Waals surface area contributed by atoms with Gasteiger partial charge in [-0.2, -0.15) is 0 Å². The number of nitrogens with one attached hydrogen (secondary N) is 1. The Morgan fingerprint density at radius 3 is 2.88 bits per heavy atom. The molecule has 2 aromatic carbocycles. The van der Waals surface area contributed by atoms with Gasteiger partial charge in [-0.15, -0.1) is 11.3 Å². The Hall–Kier alpha value is -3.05. The molecule has 4 aromatic rings. The molecular weight excluding hydrogens is 330 g/mol. The number of fused-ring (bicyclic) bond motifs is 2. The summed E-state index contributed by atoms with van der Waals surface area (Å²) in [4.78, 5) is 21.0. The number of carbonyl (C=O) groups excluding carboxylic acids is 1. The smallest absolute Gasteiger partial charge is 0.244 e. The average molecular weight is 345 g/mol. The number of para-hydroxylation sites is 2. The first-order chi connectivity index (χ1) is 12.3. The lowest BCUT2D eigenvalue weighted by Crippen LogP contribution is -2.20. The van der Waals surface area contributed by atoms with Crippen molar-refractivity contribution in [1.82, 2.24) is 15.3 Å². The molecule has 0 aliphatic carbocycles. The number of amides is 1. The molecule has 0 saturated heterocycles. The van der Waals surface area contributed by atoms with Gasteiger partial charge in [-0.05, 0) is 24.3 Å². The zero-order valence-corrected chi connectivity index (χ0v) is 14.2. The lowest BCUT2D eigenvalue weighted by molar-refractivity contribution is -0.116. The highest BCUT2D eigenvalue weighted by Crippen LogP contribution is 2.21. The third-order valence-electron chi connectivity index (χ3n) is 3.83. The summed E-state index contributed by atoms with van der Waals surface area (Å²) < 4.78 is 1.13. The first-order valence-electron chi connectivity index (χ1n) is 7.94. The van der Waals surface area contributed by atoms with Crippen molar-refractivity contribution >= 4 is 44.4 Å². The molecule has 4 nitrogen and oxygen atoms in total. The summed E-state index contributed by atoms with van der Waals surface area (Å²) in [5.41, 5.74) is 2.78. The first-order valence-corrected chi connectivity index (χ1v) is 8.75. The van der Waals surface area contributed by atoms with Crippen molar-refractivity contribution < 1.29 is 4.79 Å². The molecule has 2 aromatic heterocycles. The van der Waals surface area contributed by atoms with Crippen LogP contribution in [0.15, 0.2) is 66.9 Å². The molecule has 0 aliphatic heterocycles. The van der Waals surface area contributed by atoms with Gasteiger partial charge in [0.2, 0.25) is 5.91 Å². The fourth-order valence-electron chi connectivity index (χ4n) is 2.64.